The second-order valence-electron chi connectivity index (χ2n) is 5.55. The van der Waals surface area contributed by atoms with Gasteiger partial charge in [-0.3, -0.25) is 9.89 Å². The Balaban J connectivity index is 1.96. The van der Waals surface area contributed by atoms with Gasteiger partial charge in [0, 0.05) is 12.2 Å². The van der Waals surface area contributed by atoms with Crippen LogP contribution in [0.15, 0.2) is 0 Å². The van der Waals surface area contributed by atoms with Crippen molar-refractivity contribution in [2.24, 2.45) is 5.41 Å². The standard InChI is InChI=1S/C13H22N4O/c1-9-11(10(2)17-16-9)12(18)15-8-13(3)4-6-14-7-5-13/h14H,4-8H2,1-3H3,(H,15,18)(H,16,17). The molecule has 1 amide bonds. The van der Waals surface area contributed by atoms with Crippen molar-refractivity contribution in [3.63, 3.8) is 0 Å². The van der Waals surface area contributed by atoms with Crippen LogP contribution in [0.1, 0.15) is 41.5 Å². The lowest BCUT2D eigenvalue weighted by molar-refractivity contribution is 0.0921. The van der Waals surface area contributed by atoms with Gasteiger partial charge in [0.25, 0.3) is 5.91 Å². The van der Waals surface area contributed by atoms with Gasteiger partial charge in [-0.2, -0.15) is 5.10 Å². The molecule has 1 fully saturated rings. The summed E-state index contributed by atoms with van der Waals surface area (Å²) >= 11 is 0. The Labute approximate surface area is 108 Å². The largest absolute Gasteiger partial charge is 0.351 e. The number of aromatic nitrogens is 2. The highest BCUT2D eigenvalue weighted by Crippen LogP contribution is 2.26. The Morgan fingerprint density at radius 1 is 1.39 bits per heavy atom. The SMILES string of the molecule is Cc1n[nH]c(C)c1C(=O)NCC1(C)CCNCC1. The number of aromatic amines is 1. The van der Waals surface area contributed by atoms with Crippen LogP contribution in [0.4, 0.5) is 0 Å². The van der Waals surface area contributed by atoms with E-state index in [1.807, 2.05) is 13.8 Å². The van der Waals surface area contributed by atoms with Crippen molar-refractivity contribution in [3.05, 3.63) is 17.0 Å². The number of piperidine rings is 1. The number of hydrogen-bond donors (Lipinski definition) is 3. The molecule has 1 aromatic rings. The molecule has 5 nitrogen and oxygen atoms in total. The first-order valence-electron chi connectivity index (χ1n) is 6.52. The third-order valence-corrected chi connectivity index (χ3v) is 3.84. The lowest BCUT2D eigenvalue weighted by Crippen LogP contribution is -2.43. The maximum atomic E-state index is 12.1. The lowest BCUT2D eigenvalue weighted by atomic mass is 9.81. The van der Waals surface area contributed by atoms with Gasteiger partial charge in [-0.15, -0.1) is 0 Å². The molecule has 1 aliphatic heterocycles. The molecule has 5 heteroatoms. The summed E-state index contributed by atoms with van der Waals surface area (Å²) in [5.41, 5.74) is 2.50. The number of amides is 1. The van der Waals surface area contributed by atoms with E-state index in [9.17, 15) is 4.79 Å². The van der Waals surface area contributed by atoms with E-state index in [4.69, 9.17) is 0 Å². The van der Waals surface area contributed by atoms with E-state index in [0.717, 1.165) is 43.9 Å². The molecule has 0 aliphatic carbocycles. The first-order valence-corrected chi connectivity index (χ1v) is 6.52. The quantitative estimate of drug-likeness (QED) is 0.753. The van der Waals surface area contributed by atoms with Crippen LogP contribution in [0.2, 0.25) is 0 Å². The molecule has 100 valence electrons. The molecule has 1 aliphatic rings. The smallest absolute Gasteiger partial charge is 0.255 e. The van der Waals surface area contributed by atoms with Crippen molar-refractivity contribution >= 4 is 5.91 Å². The van der Waals surface area contributed by atoms with Crippen LogP contribution in [-0.2, 0) is 0 Å². The van der Waals surface area contributed by atoms with Gasteiger partial charge < -0.3 is 10.6 Å². The second kappa shape index (κ2) is 5.10. The number of rotatable bonds is 3. The van der Waals surface area contributed by atoms with Crippen molar-refractivity contribution in [1.29, 1.82) is 0 Å². The summed E-state index contributed by atoms with van der Waals surface area (Å²) in [6.45, 7) is 8.78. The summed E-state index contributed by atoms with van der Waals surface area (Å²) in [6.07, 6.45) is 2.22. The summed E-state index contributed by atoms with van der Waals surface area (Å²) in [5.74, 6) is -0.0153. The van der Waals surface area contributed by atoms with E-state index >= 15 is 0 Å². The van der Waals surface area contributed by atoms with Gasteiger partial charge in [-0.1, -0.05) is 6.92 Å². The first kappa shape index (κ1) is 13.1. The fraction of sp³-hybridized carbons (Fsp3) is 0.692. The number of hydrogen-bond acceptors (Lipinski definition) is 3. The topological polar surface area (TPSA) is 69.8 Å². The van der Waals surface area contributed by atoms with Crippen LogP contribution in [0, 0.1) is 19.3 Å². The molecule has 0 spiro atoms. The van der Waals surface area contributed by atoms with Crippen LogP contribution in [0.5, 0.6) is 0 Å². The third kappa shape index (κ3) is 2.72. The molecule has 0 atom stereocenters. The van der Waals surface area contributed by atoms with Crippen molar-refractivity contribution < 1.29 is 4.79 Å². The van der Waals surface area contributed by atoms with Gasteiger partial charge in [0.1, 0.15) is 0 Å². The average molecular weight is 250 g/mol. The maximum Gasteiger partial charge on any atom is 0.255 e. The second-order valence-corrected chi connectivity index (χ2v) is 5.55. The highest BCUT2D eigenvalue weighted by atomic mass is 16.1. The Kier molecular flexibility index (Phi) is 3.71. The van der Waals surface area contributed by atoms with Crippen LogP contribution >= 0.6 is 0 Å². The van der Waals surface area contributed by atoms with Crippen molar-refractivity contribution in [2.45, 2.75) is 33.6 Å². The highest BCUT2D eigenvalue weighted by Gasteiger charge is 2.27. The zero-order valence-electron chi connectivity index (χ0n) is 11.4. The highest BCUT2D eigenvalue weighted by molar-refractivity contribution is 5.96. The third-order valence-electron chi connectivity index (χ3n) is 3.84. The number of aryl methyl sites for hydroxylation is 2. The maximum absolute atomic E-state index is 12.1. The summed E-state index contributed by atoms with van der Waals surface area (Å²) in [4.78, 5) is 12.1. The van der Waals surface area contributed by atoms with Gasteiger partial charge in [-0.05, 0) is 45.2 Å². The minimum Gasteiger partial charge on any atom is -0.351 e. The van der Waals surface area contributed by atoms with E-state index in [1.54, 1.807) is 0 Å². The molecule has 0 aromatic carbocycles. The molecule has 0 radical (unpaired) electrons. The molecule has 2 heterocycles. The fourth-order valence-corrected chi connectivity index (χ4v) is 2.47. The van der Waals surface area contributed by atoms with Gasteiger partial charge in [-0.25, -0.2) is 0 Å². The van der Waals surface area contributed by atoms with Gasteiger partial charge in [0.2, 0.25) is 0 Å². The molecule has 0 unspecified atom stereocenters. The van der Waals surface area contributed by atoms with Gasteiger partial charge >= 0.3 is 0 Å². The van der Waals surface area contributed by atoms with Gasteiger partial charge in [0.05, 0.1) is 11.3 Å². The fourth-order valence-electron chi connectivity index (χ4n) is 2.47. The molecular formula is C13H22N4O. The normalized spacial score (nSPS) is 18.6. The summed E-state index contributed by atoms with van der Waals surface area (Å²) in [6, 6.07) is 0. The summed E-state index contributed by atoms with van der Waals surface area (Å²) in [5, 5.41) is 13.3. The monoisotopic (exact) mass is 250 g/mol. The Morgan fingerprint density at radius 2 is 2.06 bits per heavy atom. The van der Waals surface area contributed by atoms with Crippen molar-refractivity contribution in [1.82, 2.24) is 20.8 Å². The lowest BCUT2D eigenvalue weighted by Gasteiger charge is -2.34. The van der Waals surface area contributed by atoms with E-state index in [-0.39, 0.29) is 11.3 Å². The van der Waals surface area contributed by atoms with Crippen molar-refractivity contribution in [3.8, 4) is 0 Å². The van der Waals surface area contributed by atoms with Crippen LogP contribution < -0.4 is 10.6 Å². The number of H-pyrrole nitrogens is 1. The number of carbonyl (C=O) groups excluding carboxylic acids is 1. The van der Waals surface area contributed by atoms with E-state index < -0.39 is 0 Å². The number of carbonyl (C=O) groups is 1. The predicted octanol–water partition coefficient (Wildman–Crippen LogP) is 1.15. The number of nitrogens with one attached hydrogen (secondary N) is 3. The Hall–Kier alpha value is -1.36. The molecule has 2 rings (SSSR count). The van der Waals surface area contributed by atoms with E-state index in [1.165, 1.54) is 0 Å². The summed E-state index contributed by atoms with van der Waals surface area (Å²) in [7, 11) is 0. The number of nitrogens with zero attached hydrogens (tertiary/aromatic N) is 1. The van der Waals surface area contributed by atoms with Crippen molar-refractivity contribution in [2.75, 3.05) is 19.6 Å². The molecule has 1 saturated heterocycles. The molecule has 0 saturated carbocycles. The zero-order chi connectivity index (χ0) is 13.2. The van der Waals surface area contributed by atoms with Gasteiger partial charge in [0.15, 0.2) is 0 Å². The summed E-state index contributed by atoms with van der Waals surface area (Å²) < 4.78 is 0. The molecule has 18 heavy (non-hydrogen) atoms. The van der Waals surface area contributed by atoms with Crippen LogP contribution in [0.25, 0.3) is 0 Å². The zero-order valence-corrected chi connectivity index (χ0v) is 11.4. The Bertz CT molecular complexity index is 413. The van der Waals surface area contributed by atoms with E-state index in [0.29, 0.717) is 5.56 Å². The minimum absolute atomic E-state index is 0.0153. The predicted molar refractivity (Wildman–Crippen MR) is 70.6 cm³/mol. The van der Waals surface area contributed by atoms with Crippen LogP contribution in [0.3, 0.4) is 0 Å². The van der Waals surface area contributed by atoms with Crippen LogP contribution in [-0.4, -0.2) is 35.7 Å². The molecule has 0 bridgehead atoms. The molecule has 1 aromatic heterocycles. The average Bonchev–Trinajstić information content (AvgIpc) is 2.67. The first-order chi connectivity index (χ1) is 8.52. The molecular weight excluding hydrogens is 228 g/mol. The minimum atomic E-state index is -0.0153. The molecule has 3 N–H and O–H groups in total. The Morgan fingerprint density at radius 3 is 2.61 bits per heavy atom. The van der Waals surface area contributed by atoms with E-state index in [2.05, 4.69) is 27.8 Å².